The van der Waals surface area contributed by atoms with Crippen molar-refractivity contribution in [3.63, 3.8) is 0 Å². The van der Waals surface area contributed by atoms with Crippen LogP contribution in [-0.2, 0) is 0 Å². The zero-order chi connectivity index (χ0) is 15.2. The fourth-order valence-corrected chi connectivity index (χ4v) is 3.16. The van der Waals surface area contributed by atoms with Gasteiger partial charge in [-0.3, -0.25) is 0 Å². The number of nitrogens with two attached hydrogens (primary N) is 1. The smallest absolute Gasteiger partial charge is 0.322 e. The number of hydrogen-bond donors (Lipinski definition) is 2. The van der Waals surface area contributed by atoms with Crippen LogP contribution in [0.3, 0.4) is 0 Å². The topological polar surface area (TPSA) is 58.4 Å². The molecule has 2 atom stereocenters. The zero-order valence-corrected chi connectivity index (χ0v) is 12.5. The van der Waals surface area contributed by atoms with E-state index >= 15 is 0 Å². The highest BCUT2D eigenvalue weighted by atomic mass is 19.1. The quantitative estimate of drug-likeness (QED) is 0.895. The van der Waals surface area contributed by atoms with Crippen molar-refractivity contribution < 1.29 is 9.18 Å². The summed E-state index contributed by atoms with van der Waals surface area (Å²) in [6.07, 6.45) is 4.38. The highest BCUT2D eigenvalue weighted by Gasteiger charge is 2.31. The molecular weight excluding hydrogens is 269 g/mol. The minimum absolute atomic E-state index is 0.173. The number of nitrogens with zero attached hydrogens (tertiary/aromatic N) is 1. The standard InChI is InChI=1S/C16H24FN3O/c1-2-20(15-9-4-3-6-12(15)11-18)16(21)19-14-8-5-7-13(17)10-14/h5,7-8,10,12,15H,2-4,6,9,11,18H2,1H3,(H,19,21). The van der Waals surface area contributed by atoms with E-state index < -0.39 is 0 Å². The van der Waals surface area contributed by atoms with Gasteiger partial charge in [-0.2, -0.15) is 0 Å². The van der Waals surface area contributed by atoms with Gasteiger partial charge in [0, 0.05) is 18.3 Å². The average molecular weight is 293 g/mol. The van der Waals surface area contributed by atoms with Crippen molar-refractivity contribution in [3.05, 3.63) is 30.1 Å². The Morgan fingerprint density at radius 1 is 1.43 bits per heavy atom. The van der Waals surface area contributed by atoms with Gasteiger partial charge in [-0.05, 0) is 50.4 Å². The van der Waals surface area contributed by atoms with E-state index in [2.05, 4.69) is 5.32 Å². The molecule has 0 saturated heterocycles. The number of anilines is 1. The predicted molar refractivity (Wildman–Crippen MR) is 82.6 cm³/mol. The van der Waals surface area contributed by atoms with E-state index in [-0.39, 0.29) is 17.9 Å². The Kier molecular flexibility index (Phi) is 5.56. The van der Waals surface area contributed by atoms with Gasteiger partial charge < -0.3 is 16.0 Å². The maximum Gasteiger partial charge on any atom is 0.322 e. The number of rotatable bonds is 4. The molecule has 1 aliphatic carbocycles. The summed E-state index contributed by atoms with van der Waals surface area (Å²) in [4.78, 5) is 14.3. The summed E-state index contributed by atoms with van der Waals surface area (Å²) in [7, 11) is 0. The number of benzene rings is 1. The third-order valence-electron chi connectivity index (χ3n) is 4.25. The number of nitrogens with one attached hydrogen (secondary N) is 1. The van der Waals surface area contributed by atoms with E-state index in [4.69, 9.17) is 5.73 Å². The van der Waals surface area contributed by atoms with E-state index in [0.29, 0.717) is 24.7 Å². The zero-order valence-electron chi connectivity index (χ0n) is 12.5. The van der Waals surface area contributed by atoms with Gasteiger partial charge in [-0.25, -0.2) is 9.18 Å². The van der Waals surface area contributed by atoms with Crippen molar-refractivity contribution in [2.75, 3.05) is 18.4 Å². The van der Waals surface area contributed by atoms with Gasteiger partial charge in [0.15, 0.2) is 0 Å². The molecule has 1 fully saturated rings. The molecule has 116 valence electrons. The summed E-state index contributed by atoms with van der Waals surface area (Å²) in [6, 6.07) is 5.97. The van der Waals surface area contributed by atoms with Crippen molar-refractivity contribution in [2.24, 2.45) is 11.7 Å². The maximum atomic E-state index is 13.2. The molecular formula is C16H24FN3O. The van der Waals surface area contributed by atoms with E-state index in [0.717, 1.165) is 19.3 Å². The average Bonchev–Trinajstić information content (AvgIpc) is 2.48. The summed E-state index contributed by atoms with van der Waals surface area (Å²) in [5.41, 5.74) is 6.34. The Morgan fingerprint density at radius 3 is 2.86 bits per heavy atom. The Balaban J connectivity index is 2.07. The molecule has 0 aromatic heterocycles. The highest BCUT2D eigenvalue weighted by Crippen LogP contribution is 2.28. The van der Waals surface area contributed by atoms with Crippen molar-refractivity contribution in [3.8, 4) is 0 Å². The molecule has 1 saturated carbocycles. The lowest BCUT2D eigenvalue weighted by Gasteiger charge is -2.39. The molecule has 1 aromatic carbocycles. The second-order valence-corrected chi connectivity index (χ2v) is 5.57. The third kappa shape index (κ3) is 3.94. The summed E-state index contributed by atoms with van der Waals surface area (Å²) in [5, 5.41) is 2.78. The molecule has 2 rings (SSSR count). The summed E-state index contributed by atoms with van der Waals surface area (Å²) in [6.45, 7) is 3.20. The Labute approximate surface area is 125 Å². The van der Waals surface area contributed by atoms with Crippen LogP contribution < -0.4 is 11.1 Å². The molecule has 4 nitrogen and oxygen atoms in total. The molecule has 2 unspecified atom stereocenters. The van der Waals surface area contributed by atoms with Crippen LogP contribution >= 0.6 is 0 Å². The SMILES string of the molecule is CCN(C(=O)Nc1cccc(F)c1)C1CCCCC1CN. The first-order chi connectivity index (χ1) is 10.2. The van der Waals surface area contributed by atoms with Gasteiger partial charge in [0.25, 0.3) is 0 Å². The second kappa shape index (κ2) is 7.41. The Morgan fingerprint density at radius 2 is 2.19 bits per heavy atom. The molecule has 3 N–H and O–H groups in total. The fraction of sp³-hybridized carbons (Fsp3) is 0.562. The lowest BCUT2D eigenvalue weighted by atomic mass is 9.83. The van der Waals surface area contributed by atoms with Gasteiger partial charge in [0.2, 0.25) is 0 Å². The molecule has 0 heterocycles. The number of hydrogen-bond acceptors (Lipinski definition) is 2. The van der Waals surface area contributed by atoms with E-state index in [9.17, 15) is 9.18 Å². The molecule has 1 aliphatic rings. The van der Waals surface area contributed by atoms with Crippen LogP contribution in [0.5, 0.6) is 0 Å². The van der Waals surface area contributed by atoms with Crippen molar-refractivity contribution in [1.29, 1.82) is 0 Å². The largest absolute Gasteiger partial charge is 0.330 e. The number of urea groups is 1. The van der Waals surface area contributed by atoms with Crippen LogP contribution in [0.2, 0.25) is 0 Å². The molecule has 2 amide bonds. The normalized spacial score (nSPS) is 21.9. The monoisotopic (exact) mass is 293 g/mol. The van der Waals surface area contributed by atoms with E-state index in [1.165, 1.54) is 18.6 Å². The Hall–Kier alpha value is -1.62. The van der Waals surface area contributed by atoms with Gasteiger partial charge in [0.1, 0.15) is 5.82 Å². The van der Waals surface area contributed by atoms with Crippen LogP contribution in [0.4, 0.5) is 14.9 Å². The number of amides is 2. The summed E-state index contributed by atoms with van der Waals surface area (Å²) in [5.74, 6) is 0.00492. The van der Waals surface area contributed by atoms with Crippen molar-refractivity contribution >= 4 is 11.7 Å². The van der Waals surface area contributed by atoms with Gasteiger partial charge in [-0.15, -0.1) is 0 Å². The molecule has 0 radical (unpaired) electrons. The van der Waals surface area contributed by atoms with Gasteiger partial charge >= 0.3 is 6.03 Å². The first-order valence-corrected chi connectivity index (χ1v) is 7.69. The summed E-state index contributed by atoms with van der Waals surface area (Å²) < 4.78 is 13.2. The van der Waals surface area contributed by atoms with Gasteiger partial charge in [0.05, 0.1) is 0 Å². The number of carbonyl (C=O) groups excluding carboxylic acids is 1. The lowest BCUT2D eigenvalue weighted by Crippen LogP contribution is -2.49. The van der Waals surface area contributed by atoms with Crippen LogP contribution in [-0.4, -0.2) is 30.1 Å². The van der Waals surface area contributed by atoms with Crippen LogP contribution in [0, 0.1) is 11.7 Å². The van der Waals surface area contributed by atoms with Crippen molar-refractivity contribution in [1.82, 2.24) is 4.90 Å². The maximum absolute atomic E-state index is 13.2. The minimum atomic E-state index is -0.353. The predicted octanol–water partition coefficient (Wildman–Crippen LogP) is 3.20. The van der Waals surface area contributed by atoms with E-state index in [1.807, 2.05) is 11.8 Å². The molecule has 21 heavy (non-hydrogen) atoms. The lowest BCUT2D eigenvalue weighted by molar-refractivity contribution is 0.135. The molecule has 1 aromatic rings. The summed E-state index contributed by atoms with van der Waals surface area (Å²) >= 11 is 0. The minimum Gasteiger partial charge on any atom is -0.330 e. The number of carbonyl (C=O) groups is 1. The molecule has 0 spiro atoms. The van der Waals surface area contributed by atoms with Gasteiger partial charge in [-0.1, -0.05) is 18.9 Å². The third-order valence-corrected chi connectivity index (χ3v) is 4.25. The second-order valence-electron chi connectivity index (χ2n) is 5.57. The fourth-order valence-electron chi connectivity index (χ4n) is 3.16. The molecule has 0 bridgehead atoms. The van der Waals surface area contributed by atoms with Crippen molar-refractivity contribution in [2.45, 2.75) is 38.6 Å². The van der Waals surface area contributed by atoms with Crippen LogP contribution in [0.15, 0.2) is 24.3 Å². The van der Waals surface area contributed by atoms with Crippen LogP contribution in [0.1, 0.15) is 32.6 Å². The molecule has 0 aliphatic heterocycles. The first-order valence-electron chi connectivity index (χ1n) is 7.69. The highest BCUT2D eigenvalue weighted by molar-refractivity contribution is 5.89. The first kappa shape index (κ1) is 15.8. The Bertz CT molecular complexity index is 480. The van der Waals surface area contributed by atoms with Crippen LogP contribution in [0.25, 0.3) is 0 Å². The molecule has 5 heteroatoms. The number of halogens is 1. The van der Waals surface area contributed by atoms with E-state index in [1.54, 1.807) is 12.1 Å².